The van der Waals surface area contributed by atoms with E-state index in [4.69, 9.17) is 0 Å². The molecule has 7 heteroatoms. The van der Waals surface area contributed by atoms with E-state index < -0.39 is 0 Å². The van der Waals surface area contributed by atoms with Gasteiger partial charge in [0.25, 0.3) is 0 Å². The van der Waals surface area contributed by atoms with E-state index >= 15 is 0 Å². The molecular weight excluding hydrogens is 400 g/mol. The zero-order valence-corrected chi connectivity index (χ0v) is 16.6. The maximum absolute atomic E-state index is 12.5. The minimum atomic E-state index is 0.110. The Morgan fingerprint density at radius 3 is 2.72 bits per heavy atom. The highest BCUT2D eigenvalue weighted by Crippen LogP contribution is 2.45. The van der Waals surface area contributed by atoms with E-state index in [1.165, 1.54) is 37.4 Å². The second-order valence-corrected chi connectivity index (χ2v) is 8.64. The normalized spacial score (nSPS) is 16.9. The van der Waals surface area contributed by atoms with Gasteiger partial charge in [-0.2, -0.15) is 0 Å². The third-order valence-corrected chi connectivity index (χ3v) is 6.36. The molecule has 2 fully saturated rings. The lowest BCUT2D eigenvalue weighted by Gasteiger charge is -2.18. The Hall–Kier alpha value is -1.34. The number of aromatic nitrogens is 3. The van der Waals surface area contributed by atoms with Crippen LogP contribution < -0.4 is 0 Å². The van der Waals surface area contributed by atoms with Crippen molar-refractivity contribution in [3.8, 4) is 0 Å². The van der Waals surface area contributed by atoms with Crippen molar-refractivity contribution in [1.82, 2.24) is 19.7 Å². The number of carbonyl (C=O) groups is 1. The van der Waals surface area contributed by atoms with Crippen LogP contribution in [0.25, 0.3) is 0 Å². The zero-order chi connectivity index (χ0) is 17.4. The number of benzene rings is 1. The summed E-state index contributed by atoms with van der Waals surface area (Å²) in [6.07, 6.45) is 4.87. The Morgan fingerprint density at radius 1 is 1.28 bits per heavy atom. The maximum Gasteiger partial charge on any atom is 0.233 e. The van der Waals surface area contributed by atoms with Crippen LogP contribution in [-0.4, -0.2) is 38.4 Å². The topological polar surface area (TPSA) is 51.0 Å². The highest BCUT2D eigenvalue weighted by Gasteiger charge is 2.36. The van der Waals surface area contributed by atoms with Crippen LogP contribution in [0, 0.1) is 0 Å². The molecule has 0 bridgehead atoms. The van der Waals surface area contributed by atoms with Gasteiger partial charge in [0.15, 0.2) is 5.16 Å². The molecule has 0 saturated heterocycles. The van der Waals surface area contributed by atoms with Crippen molar-refractivity contribution in [3.05, 3.63) is 40.1 Å². The number of halogens is 1. The highest BCUT2D eigenvalue weighted by atomic mass is 79.9. The van der Waals surface area contributed by atoms with Gasteiger partial charge in [-0.1, -0.05) is 45.9 Å². The first-order chi connectivity index (χ1) is 12.1. The standard InChI is InChI=1S/C18H21BrN4OS/c1-22(10-13-4-2-3-5-15(13)19)16(24)11-25-18-21-20-17(12-6-7-12)23(18)14-8-9-14/h2-5,12,14H,6-11H2,1H3. The van der Waals surface area contributed by atoms with Gasteiger partial charge in [0, 0.05) is 30.0 Å². The van der Waals surface area contributed by atoms with E-state index in [1.54, 1.807) is 4.90 Å². The first-order valence-electron chi connectivity index (χ1n) is 8.68. The van der Waals surface area contributed by atoms with Crippen LogP contribution in [-0.2, 0) is 11.3 Å². The van der Waals surface area contributed by atoms with Gasteiger partial charge in [0.05, 0.1) is 5.75 Å². The van der Waals surface area contributed by atoms with E-state index in [9.17, 15) is 4.79 Å². The molecule has 1 heterocycles. The van der Waals surface area contributed by atoms with Gasteiger partial charge in [0.1, 0.15) is 5.82 Å². The molecule has 0 unspecified atom stereocenters. The first kappa shape index (κ1) is 17.1. The molecule has 132 valence electrons. The summed E-state index contributed by atoms with van der Waals surface area (Å²) in [5, 5.41) is 9.68. The smallest absolute Gasteiger partial charge is 0.233 e. The van der Waals surface area contributed by atoms with Gasteiger partial charge in [-0.15, -0.1) is 10.2 Å². The fourth-order valence-corrected chi connectivity index (χ4v) is 4.25. The van der Waals surface area contributed by atoms with Crippen molar-refractivity contribution in [2.45, 2.75) is 49.3 Å². The van der Waals surface area contributed by atoms with Crippen LogP contribution >= 0.6 is 27.7 Å². The molecule has 1 aromatic carbocycles. The number of amides is 1. The van der Waals surface area contributed by atoms with Gasteiger partial charge >= 0.3 is 0 Å². The summed E-state index contributed by atoms with van der Waals surface area (Å²) in [7, 11) is 1.85. The fraction of sp³-hybridized carbons (Fsp3) is 0.500. The Kier molecular flexibility index (Phi) is 4.86. The Morgan fingerprint density at radius 2 is 2.04 bits per heavy atom. The molecule has 2 aliphatic carbocycles. The molecule has 2 aromatic rings. The minimum absolute atomic E-state index is 0.110. The predicted molar refractivity (Wildman–Crippen MR) is 102 cm³/mol. The largest absolute Gasteiger partial charge is 0.341 e. The van der Waals surface area contributed by atoms with Gasteiger partial charge in [-0.3, -0.25) is 4.79 Å². The molecule has 0 radical (unpaired) electrons. The quantitative estimate of drug-likeness (QED) is 0.635. The number of carbonyl (C=O) groups excluding carboxylic acids is 1. The van der Waals surface area contributed by atoms with Crippen molar-refractivity contribution >= 4 is 33.6 Å². The fourth-order valence-electron chi connectivity index (χ4n) is 2.89. The summed E-state index contributed by atoms with van der Waals surface area (Å²) in [4.78, 5) is 14.3. The summed E-state index contributed by atoms with van der Waals surface area (Å²) >= 11 is 5.06. The van der Waals surface area contributed by atoms with Crippen LogP contribution in [0.4, 0.5) is 0 Å². The van der Waals surface area contributed by atoms with Crippen molar-refractivity contribution in [2.75, 3.05) is 12.8 Å². The van der Waals surface area contributed by atoms with Crippen molar-refractivity contribution in [3.63, 3.8) is 0 Å². The summed E-state index contributed by atoms with van der Waals surface area (Å²) < 4.78 is 3.33. The minimum Gasteiger partial charge on any atom is -0.341 e. The van der Waals surface area contributed by atoms with E-state index in [1.807, 2.05) is 31.3 Å². The number of hydrogen-bond donors (Lipinski definition) is 0. The lowest BCUT2D eigenvalue weighted by atomic mass is 10.2. The number of thioether (sulfide) groups is 1. The predicted octanol–water partition coefficient (Wildman–Crippen LogP) is 4.00. The summed E-state index contributed by atoms with van der Waals surface area (Å²) in [6, 6.07) is 8.56. The molecule has 5 nitrogen and oxygen atoms in total. The summed E-state index contributed by atoms with van der Waals surface area (Å²) in [5.74, 6) is 2.24. The molecule has 0 N–H and O–H groups in total. The second-order valence-electron chi connectivity index (χ2n) is 6.85. The van der Waals surface area contributed by atoms with Crippen molar-refractivity contribution < 1.29 is 4.79 Å². The molecule has 2 aliphatic rings. The number of nitrogens with zero attached hydrogens (tertiary/aromatic N) is 4. The third-order valence-electron chi connectivity index (χ3n) is 4.66. The van der Waals surface area contributed by atoms with Crippen LogP contribution in [0.2, 0.25) is 0 Å². The van der Waals surface area contributed by atoms with Gasteiger partial charge in [-0.05, 0) is 37.3 Å². The van der Waals surface area contributed by atoms with Crippen LogP contribution in [0.5, 0.6) is 0 Å². The molecule has 25 heavy (non-hydrogen) atoms. The Labute approximate surface area is 160 Å². The van der Waals surface area contributed by atoms with E-state index in [-0.39, 0.29) is 5.91 Å². The zero-order valence-electron chi connectivity index (χ0n) is 14.2. The lowest BCUT2D eigenvalue weighted by molar-refractivity contribution is -0.127. The van der Waals surface area contributed by atoms with Crippen LogP contribution in [0.1, 0.15) is 49.0 Å². The molecule has 0 spiro atoms. The maximum atomic E-state index is 12.5. The average Bonchev–Trinajstić information content (AvgIpc) is 3.53. The third kappa shape index (κ3) is 3.92. The second kappa shape index (κ2) is 7.11. The number of rotatable bonds is 7. The number of hydrogen-bond acceptors (Lipinski definition) is 4. The molecule has 0 aliphatic heterocycles. The summed E-state index contributed by atoms with van der Waals surface area (Å²) in [6.45, 7) is 0.601. The van der Waals surface area contributed by atoms with Gasteiger partial charge < -0.3 is 9.47 Å². The highest BCUT2D eigenvalue weighted by molar-refractivity contribution is 9.10. The first-order valence-corrected chi connectivity index (χ1v) is 10.5. The Bertz CT molecular complexity index is 785. The van der Waals surface area contributed by atoms with E-state index in [2.05, 4.69) is 30.7 Å². The molecule has 4 rings (SSSR count). The SMILES string of the molecule is CN(Cc1ccccc1Br)C(=O)CSc1nnc(C2CC2)n1C1CC1. The molecule has 1 aromatic heterocycles. The monoisotopic (exact) mass is 420 g/mol. The molecule has 0 atom stereocenters. The van der Waals surface area contributed by atoms with Gasteiger partial charge in [-0.25, -0.2) is 0 Å². The van der Waals surface area contributed by atoms with Crippen LogP contribution in [0.15, 0.2) is 33.9 Å². The molecule has 1 amide bonds. The molecule has 2 saturated carbocycles. The summed E-state index contributed by atoms with van der Waals surface area (Å²) in [5.41, 5.74) is 1.11. The lowest BCUT2D eigenvalue weighted by Crippen LogP contribution is -2.28. The van der Waals surface area contributed by atoms with Crippen molar-refractivity contribution in [1.29, 1.82) is 0 Å². The average molecular weight is 421 g/mol. The van der Waals surface area contributed by atoms with E-state index in [0.29, 0.717) is 24.3 Å². The molecular formula is C18H21BrN4OS. The van der Waals surface area contributed by atoms with Crippen LogP contribution in [0.3, 0.4) is 0 Å². The Balaban J connectivity index is 1.38. The van der Waals surface area contributed by atoms with E-state index in [0.717, 1.165) is 21.0 Å². The van der Waals surface area contributed by atoms with Crippen molar-refractivity contribution in [2.24, 2.45) is 0 Å². The van der Waals surface area contributed by atoms with Gasteiger partial charge in [0.2, 0.25) is 5.91 Å².